The fourth-order valence-electron chi connectivity index (χ4n) is 1.10. The molecule has 0 bridgehead atoms. The predicted molar refractivity (Wildman–Crippen MR) is 46.1 cm³/mol. The molecule has 0 saturated carbocycles. The Bertz CT molecular complexity index is 400. The van der Waals surface area contributed by atoms with Crippen LogP contribution in [0.3, 0.4) is 0 Å². The molecule has 0 aliphatic heterocycles. The van der Waals surface area contributed by atoms with Crippen LogP contribution in [0.1, 0.15) is 0 Å². The normalized spacial score (nSPS) is 10.1. The molecule has 1 heterocycles. The Morgan fingerprint density at radius 2 is 1.83 bits per heavy atom. The Balaban J connectivity index is 2.67. The van der Waals surface area contributed by atoms with Crippen molar-refractivity contribution in [1.82, 2.24) is 10.2 Å². The van der Waals surface area contributed by atoms with Crippen LogP contribution in [-0.2, 0) is 0 Å². The van der Waals surface area contributed by atoms with Gasteiger partial charge in [-0.25, -0.2) is 0 Å². The third-order valence-corrected chi connectivity index (χ3v) is 1.75. The van der Waals surface area contributed by atoms with E-state index in [1.54, 1.807) is 19.5 Å². The Morgan fingerprint density at radius 3 is 2.58 bits per heavy atom. The predicted octanol–water partition coefficient (Wildman–Crippen LogP) is 1.64. The molecule has 0 amide bonds. The van der Waals surface area contributed by atoms with Crippen molar-refractivity contribution >= 4 is 10.8 Å². The van der Waals surface area contributed by atoms with Crippen LogP contribution in [0.5, 0.6) is 5.75 Å². The molecule has 1 aromatic heterocycles. The van der Waals surface area contributed by atoms with Crippen LogP contribution in [0.15, 0.2) is 30.6 Å². The van der Waals surface area contributed by atoms with Crippen LogP contribution in [0.2, 0.25) is 0 Å². The molecule has 12 heavy (non-hydrogen) atoms. The summed E-state index contributed by atoms with van der Waals surface area (Å²) in [6, 6.07) is 5.80. The first-order valence-corrected chi connectivity index (χ1v) is 3.64. The van der Waals surface area contributed by atoms with Crippen molar-refractivity contribution < 1.29 is 4.74 Å². The molecule has 3 heteroatoms. The van der Waals surface area contributed by atoms with E-state index in [0.717, 1.165) is 16.5 Å². The number of nitrogens with zero attached hydrogens (tertiary/aromatic N) is 2. The van der Waals surface area contributed by atoms with E-state index in [1.165, 1.54) is 0 Å². The molecule has 3 nitrogen and oxygen atoms in total. The van der Waals surface area contributed by atoms with Gasteiger partial charge in [0.1, 0.15) is 5.75 Å². The highest BCUT2D eigenvalue weighted by Gasteiger charge is 1.94. The van der Waals surface area contributed by atoms with Crippen molar-refractivity contribution in [3.63, 3.8) is 0 Å². The molecule has 0 unspecified atom stereocenters. The maximum absolute atomic E-state index is 5.07. The molecule has 0 aliphatic carbocycles. The zero-order valence-electron chi connectivity index (χ0n) is 6.69. The maximum Gasteiger partial charge on any atom is 0.119 e. The van der Waals surface area contributed by atoms with Crippen LogP contribution in [0.25, 0.3) is 10.8 Å². The summed E-state index contributed by atoms with van der Waals surface area (Å²) < 4.78 is 5.07. The molecular formula is C9H8N2O. The van der Waals surface area contributed by atoms with Gasteiger partial charge >= 0.3 is 0 Å². The standard InChI is InChI=1S/C9H8N2O/c1-12-9-3-2-7-5-10-11-6-8(7)4-9/h2-6H,1H3. The lowest BCUT2D eigenvalue weighted by Gasteiger charge is -1.99. The monoisotopic (exact) mass is 160 g/mol. The van der Waals surface area contributed by atoms with Crippen LogP contribution in [-0.4, -0.2) is 17.3 Å². The van der Waals surface area contributed by atoms with Gasteiger partial charge in [0.2, 0.25) is 0 Å². The second-order valence-corrected chi connectivity index (χ2v) is 2.48. The van der Waals surface area contributed by atoms with Gasteiger partial charge in [-0.15, -0.1) is 0 Å². The highest BCUT2D eigenvalue weighted by atomic mass is 16.5. The van der Waals surface area contributed by atoms with E-state index >= 15 is 0 Å². The Labute approximate surface area is 70.0 Å². The van der Waals surface area contributed by atoms with E-state index in [1.807, 2.05) is 18.2 Å². The molecule has 0 N–H and O–H groups in total. The fraction of sp³-hybridized carbons (Fsp3) is 0.111. The maximum atomic E-state index is 5.07. The summed E-state index contributed by atoms with van der Waals surface area (Å²) in [6.07, 6.45) is 3.45. The zero-order chi connectivity index (χ0) is 8.39. The summed E-state index contributed by atoms with van der Waals surface area (Å²) in [5.41, 5.74) is 0. The first-order chi connectivity index (χ1) is 5.90. The molecule has 2 rings (SSSR count). The first-order valence-electron chi connectivity index (χ1n) is 3.64. The minimum atomic E-state index is 0.843. The minimum Gasteiger partial charge on any atom is -0.497 e. The van der Waals surface area contributed by atoms with Crippen molar-refractivity contribution in [2.75, 3.05) is 7.11 Å². The van der Waals surface area contributed by atoms with Crippen molar-refractivity contribution in [3.8, 4) is 5.75 Å². The number of hydrogen-bond acceptors (Lipinski definition) is 3. The quantitative estimate of drug-likeness (QED) is 0.636. The van der Waals surface area contributed by atoms with Crippen LogP contribution < -0.4 is 4.74 Å². The molecule has 2 aromatic rings. The number of benzene rings is 1. The van der Waals surface area contributed by atoms with Gasteiger partial charge in [0.25, 0.3) is 0 Å². The van der Waals surface area contributed by atoms with E-state index in [2.05, 4.69) is 10.2 Å². The molecule has 0 atom stereocenters. The summed E-state index contributed by atoms with van der Waals surface area (Å²) in [5.74, 6) is 0.843. The number of methoxy groups -OCH3 is 1. The summed E-state index contributed by atoms with van der Waals surface area (Å²) in [6.45, 7) is 0. The zero-order valence-corrected chi connectivity index (χ0v) is 6.69. The first kappa shape index (κ1) is 7.03. The Kier molecular flexibility index (Phi) is 1.63. The highest BCUT2D eigenvalue weighted by Crippen LogP contribution is 2.18. The van der Waals surface area contributed by atoms with Gasteiger partial charge in [-0.3, -0.25) is 0 Å². The van der Waals surface area contributed by atoms with Gasteiger partial charge < -0.3 is 4.74 Å². The smallest absolute Gasteiger partial charge is 0.119 e. The minimum absolute atomic E-state index is 0.843. The van der Waals surface area contributed by atoms with Crippen molar-refractivity contribution in [2.45, 2.75) is 0 Å². The molecule has 0 spiro atoms. The van der Waals surface area contributed by atoms with E-state index in [-0.39, 0.29) is 0 Å². The number of rotatable bonds is 1. The van der Waals surface area contributed by atoms with E-state index < -0.39 is 0 Å². The second-order valence-electron chi connectivity index (χ2n) is 2.48. The molecular weight excluding hydrogens is 152 g/mol. The van der Waals surface area contributed by atoms with Gasteiger partial charge in [-0.1, -0.05) is 0 Å². The molecule has 0 aliphatic rings. The second kappa shape index (κ2) is 2.77. The van der Waals surface area contributed by atoms with Crippen molar-refractivity contribution in [2.24, 2.45) is 0 Å². The average Bonchev–Trinajstić information content (AvgIpc) is 2.17. The van der Waals surface area contributed by atoms with Crippen molar-refractivity contribution in [3.05, 3.63) is 30.6 Å². The van der Waals surface area contributed by atoms with E-state index in [4.69, 9.17) is 4.74 Å². The topological polar surface area (TPSA) is 35.0 Å². The van der Waals surface area contributed by atoms with Gasteiger partial charge in [0.15, 0.2) is 0 Å². The van der Waals surface area contributed by atoms with E-state index in [9.17, 15) is 0 Å². The molecule has 0 saturated heterocycles. The van der Waals surface area contributed by atoms with Gasteiger partial charge in [0, 0.05) is 10.8 Å². The van der Waals surface area contributed by atoms with E-state index in [0.29, 0.717) is 0 Å². The Hall–Kier alpha value is -1.64. The largest absolute Gasteiger partial charge is 0.497 e. The summed E-state index contributed by atoms with van der Waals surface area (Å²) >= 11 is 0. The number of fused-ring (bicyclic) bond motifs is 1. The van der Waals surface area contributed by atoms with Crippen LogP contribution in [0, 0.1) is 0 Å². The van der Waals surface area contributed by atoms with Gasteiger partial charge in [-0.05, 0) is 18.2 Å². The molecule has 60 valence electrons. The van der Waals surface area contributed by atoms with Crippen LogP contribution >= 0.6 is 0 Å². The summed E-state index contributed by atoms with van der Waals surface area (Å²) in [4.78, 5) is 0. The molecule has 0 radical (unpaired) electrons. The highest BCUT2D eigenvalue weighted by molar-refractivity contribution is 5.81. The molecule has 1 aromatic carbocycles. The van der Waals surface area contributed by atoms with Crippen LogP contribution in [0.4, 0.5) is 0 Å². The third-order valence-electron chi connectivity index (χ3n) is 1.75. The fourth-order valence-corrected chi connectivity index (χ4v) is 1.10. The van der Waals surface area contributed by atoms with Gasteiger partial charge in [0.05, 0.1) is 19.5 Å². The lowest BCUT2D eigenvalue weighted by atomic mass is 10.2. The number of hydrogen-bond donors (Lipinski definition) is 0. The lowest BCUT2D eigenvalue weighted by Crippen LogP contribution is -1.84. The van der Waals surface area contributed by atoms with Crippen molar-refractivity contribution in [1.29, 1.82) is 0 Å². The van der Waals surface area contributed by atoms with Gasteiger partial charge in [-0.2, -0.15) is 10.2 Å². The summed E-state index contributed by atoms with van der Waals surface area (Å²) in [5, 5.41) is 9.68. The summed E-state index contributed by atoms with van der Waals surface area (Å²) in [7, 11) is 1.65. The molecule has 0 fully saturated rings. The average molecular weight is 160 g/mol. The third kappa shape index (κ3) is 1.09. The SMILES string of the molecule is COc1ccc2cnncc2c1. The Morgan fingerprint density at radius 1 is 1.08 bits per heavy atom. The number of ether oxygens (including phenoxy) is 1. The number of aromatic nitrogens is 2. The lowest BCUT2D eigenvalue weighted by molar-refractivity contribution is 0.415.